The van der Waals surface area contributed by atoms with E-state index in [1.807, 2.05) is 30.3 Å². The number of nitrogens with one attached hydrogen (secondary N) is 2. The highest BCUT2D eigenvalue weighted by Gasteiger charge is 2.35. The van der Waals surface area contributed by atoms with Crippen LogP contribution in [0.2, 0.25) is 0 Å². The molecule has 0 fully saturated rings. The van der Waals surface area contributed by atoms with Crippen molar-refractivity contribution in [1.29, 1.82) is 0 Å². The lowest BCUT2D eigenvalue weighted by Crippen LogP contribution is -2.42. The Morgan fingerprint density at radius 2 is 1.67 bits per heavy atom. The van der Waals surface area contributed by atoms with Gasteiger partial charge in [-0.1, -0.05) is 48.5 Å². The summed E-state index contributed by atoms with van der Waals surface area (Å²) >= 11 is 0. The van der Waals surface area contributed by atoms with Crippen molar-refractivity contribution in [3.8, 4) is 11.5 Å². The van der Waals surface area contributed by atoms with E-state index in [1.165, 1.54) is 0 Å². The van der Waals surface area contributed by atoms with Crippen molar-refractivity contribution in [2.75, 3.05) is 6.79 Å². The fourth-order valence-corrected chi connectivity index (χ4v) is 5.37. The van der Waals surface area contributed by atoms with Crippen molar-refractivity contribution in [3.05, 3.63) is 89.5 Å². The number of hydrogen-bond donors (Lipinski definition) is 2. The number of fused-ring (bicyclic) bond motifs is 2. The summed E-state index contributed by atoms with van der Waals surface area (Å²) in [6.07, 6.45) is 0.640. The third-order valence-corrected chi connectivity index (χ3v) is 7.06. The number of rotatable bonds is 6. The molecule has 1 heterocycles. The van der Waals surface area contributed by atoms with E-state index in [4.69, 9.17) is 9.47 Å². The zero-order valence-corrected chi connectivity index (χ0v) is 17.1. The second-order valence-corrected chi connectivity index (χ2v) is 9.20. The summed E-state index contributed by atoms with van der Waals surface area (Å²) in [5.41, 5.74) is 3.33. The van der Waals surface area contributed by atoms with Crippen molar-refractivity contribution < 1.29 is 17.9 Å². The Kier molecular flexibility index (Phi) is 4.94. The topological polar surface area (TPSA) is 76.7 Å². The number of ether oxygens (including phenoxy) is 2. The van der Waals surface area contributed by atoms with Crippen LogP contribution in [0.15, 0.2) is 77.7 Å². The van der Waals surface area contributed by atoms with Crippen molar-refractivity contribution in [3.63, 3.8) is 0 Å². The lowest BCUT2D eigenvalue weighted by atomic mass is 10.1. The molecule has 0 amide bonds. The maximum absolute atomic E-state index is 12.9. The Labute approximate surface area is 175 Å². The van der Waals surface area contributed by atoms with Crippen LogP contribution in [0.3, 0.4) is 0 Å². The highest BCUT2D eigenvalue weighted by atomic mass is 32.2. The van der Waals surface area contributed by atoms with Crippen LogP contribution in [0, 0.1) is 0 Å². The minimum atomic E-state index is -3.61. The monoisotopic (exact) mass is 422 g/mol. The summed E-state index contributed by atoms with van der Waals surface area (Å²) in [6, 6.07) is 22.0. The predicted octanol–water partition coefficient (Wildman–Crippen LogP) is 3.15. The van der Waals surface area contributed by atoms with E-state index in [2.05, 4.69) is 22.2 Å². The molecule has 30 heavy (non-hydrogen) atoms. The molecule has 0 saturated heterocycles. The first-order chi connectivity index (χ1) is 14.6. The van der Waals surface area contributed by atoms with E-state index < -0.39 is 10.0 Å². The molecule has 154 valence electrons. The van der Waals surface area contributed by atoms with Crippen molar-refractivity contribution in [2.24, 2.45) is 0 Å². The second kappa shape index (κ2) is 7.75. The van der Waals surface area contributed by atoms with E-state index in [0.717, 1.165) is 28.2 Å². The van der Waals surface area contributed by atoms with Crippen LogP contribution in [0.4, 0.5) is 0 Å². The SMILES string of the molecule is O=S(=O)(N[C@H]1Cc2ccccc2[C@H]1NCc1ccc2c(c1)OCO2)c1ccccc1. The van der Waals surface area contributed by atoms with Crippen LogP contribution in [0.25, 0.3) is 0 Å². The van der Waals surface area contributed by atoms with Gasteiger partial charge in [-0.25, -0.2) is 13.1 Å². The Bertz CT molecular complexity index is 1160. The van der Waals surface area contributed by atoms with Gasteiger partial charge in [-0.2, -0.15) is 0 Å². The Balaban J connectivity index is 1.37. The molecule has 2 atom stereocenters. The van der Waals surface area contributed by atoms with Gasteiger partial charge in [-0.05, 0) is 47.4 Å². The average molecular weight is 423 g/mol. The van der Waals surface area contributed by atoms with Gasteiger partial charge >= 0.3 is 0 Å². The smallest absolute Gasteiger partial charge is 0.240 e. The lowest BCUT2D eigenvalue weighted by Gasteiger charge is -2.23. The van der Waals surface area contributed by atoms with Gasteiger partial charge in [-0.15, -0.1) is 0 Å². The van der Waals surface area contributed by atoms with E-state index in [0.29, 0.717) is 13.0 Å². The lowest BCUT2D eigenvalue weighted by molar-refractivity contribution is 0.174. The van der Waals surface area contributed by atoms with Crippen LogP contribution in [0.5, 0.6) is 11.5 Å². The van der Waals surface area contributed by atoms with Crippen LogP contribution < -0.4 is 19.5 Å². The van der Waals surface area contributed by atoms with Crippen LogP contribution in [-0.4, -0.2) is 21.3 Å². The van der Waals surface area contributed by atoms with Gasteiger partial charge in [0.1, 0.15) is 0 Å². The number of sulfonamides is 1. The van der Waals surface area contributed by atoms with Crippen LogP contribution in [0.1, 0.15) is 22.7 Å². The third-order valence-electron chi connectivity index (χ3n) is 5.56. The zero-order valence-electron chi connectivity index (χ0n) is 16.2. The van der Waals surface area contributed by atoms with Crippen molar-refractivity contribution >= 4 is 10.0 Å². The first-order valence-corrected chi connectivity index (χ1v) is 11.4. The summed E-state index contributed by atoms with van der Waals surface area (Å²) in [5.74, 6) is 1.49. The molecule has 1 aliphatic heterocycles. The number of hydrogen-bond acceptors (Lipinski definition) is 5. The van der Waals surface area contributed by atoms with Gasteiger partial charge in [0.25, 0.3) is 0 Å². The molecular formula is C23H22N2O4S. The van der Waals surface area contributed by atoms with E-state index in [-0.39, 0.29) is 23.8 Å². The van der Waals surface area contributed by atoms with Gasteiger partial charge in [0, 0.05) is 18.6 Å². The molecule has 0 spiro atoms. The van der Waals surface area contributed by atoms with Gasteiger partial charge in [0.2, 0.25) is 16.8 Å². The molecule has 0 bridgehead atoms. The van der Waals surface area contributed by atoms with E-state index >= 15 is 0 Å². The first kappa shape index (κ1) is 19.1. The minimum Gasteiger partial charge on any atom is -0.454 e. The minimum absolute atomic E-state index is 0.134. The molecular weight excluding hydrogens is 400 g/mol. The summed E-state index contributed by atoms with van der Waals surface area (Å²) < 4.78 is 39.6. The summed E-state index contributed by atoms with van der Waals surface area (Å²) in [6.45, 7) is 0.824. The van der Waals surface area contributed by atoms with Crippen LogP contribution >= 0.6 is 0 Å². The molecule has 7 heteroatoms. The Hall–Kier alpha value is -2.87. The van der Waals surface area contributed by atoms with Gasteiger partial charge in [0.15, 0.2) is 11.5 Å². The van der Waals surface area contributed by atoms with Gasteiger partial charge in [0.05, 0.1) is 4.90 Å². The van der Waals surface area contributed by atoms with Gasteiger partial charge in [-0.3, -0.25) is 0 Å². The first-order valence-electron chi connectivity index (χ1n) is 9.87. The molecule has 3 aromatic rings. The Morgan fingerprint density at radius 3 is 2.53 bits per heavy atom. The molecule has 0 radical (unpaired) electrons. The molecule has 0 unspecified atom stereocenters. The normalized spacial score (nSPS) is 19.6. The zero-order chi connectivity index (χ0) is 20.6. The fourth-order valence-electron chi connectivity index (χ4n) is 4.10. The quantitative estimate of drug-likeness (QED) is 0.638. The summed E-state index contributed by atoms with van der Waals surface area (Å²) in [5, 5.41) is 3.55. The fraction of sp³-hybridized carbons (Fsp3) is 0.217. The van der Waals surface area contributed by atoms with E-state index in [9.17, 15) is 8.42 Å². The second-order valence-electron chi connectivity index (χ2n) is 7.49. The third kappa shape index (κ3) is 3.67. The van der Waals surface area contributed by atoms with E-state index in [1.54, 1.807) is 30.3 Å². The van der Waals surface area contributed by atoms with Crippen molar-refractivity contribution in [1.82, 2.24) is 10.0 Å². The molecule has 0 saturated carbocycles. The maximum atomic E-state index is 12.9. The van der Waals surface area contributed by atoms with Crippen LogP contribution in [-0.2, 0) is 23.0 Å². The average Bonchev–Trinajstić information content (AvgIpc) is 3.36. The van der Waals surface area contributed by atoms with Crippen molar-refractivity contribution in [2.45, 2.75) is 29.9 Å². The molecule has 2 aliphatic rings. The van der Waals surface area contributed by atoms with Gasteiger partial charge < -0.3 is 14.8 Å². The maximum Gasteiger partial charge on any atom is 0.240 e. The highest BCUT2D eigenvalue weighted by Crippen LogP contribution is 2.34. The molecule has 6 nitrogen and oxygen atoms in total. The molecule has 5 rings (SSSR count). The predicted molar refractivity (Wildman–Crippen MR) is 113 cm³/mol. The molecule has 0 aromatic heterocycles. The molecule has 3 aromatic carbocycles. The number of benzene rings is 3. The standard InChI is InChI=1S/C23H22N2O4S/c26-30(27,18-7-2-1-3-8-18)25-20-13-17-6-4-5-9-19(17)23(20)24-14-16-10-11-21-22(12-16)29-15-28-21/h1-12,20,23-25H,13-15H2/t20-,23+/m0/s1. The largest absolute Gasteiger partial charge is 0.454 e. The molecule has 2 N–H and O–H groups in total. The highest BCUT2D eigenvalue weighted by molar-refractivity contribution is 7.89. The summed E-state index contributed by atoms with van der Waals surface area (Å²) in [7, 11) is -3.61. The Morgan fingerprint density at radius 1 is 0.900 bits per heavy atom. The molecule has 1 aliphatic carbocycles. The summed E-state index contributed by atoms with van der Waals surface area (Å²) in [4.78, 5) is 0.274.